The molecule has 1 fully saturated rings. The van der Waals surface area contributed by atoms with Crippen molar-refractivity contribution < 1.29 is 28.9 Å². The van der Waals surface area contributed by atoms with E-state index >= 15 is 0 Å². The number of piperidine rings is 1. The minimum Gasteiger partial charge on any atom is -0.493 e. The summed E-state index contributed by atoms with van der Waals surface area (Å²) in [5.41, 5.74) is 1.80. The minimum absolute atomic E-state index is 0.00668. The highest BCUT2D eigenvalue weighted by atomic mass is 35.5. The Labute approximate surface area is 215 Å². The maximum atomic E-state index is 12.6. The van der Waals surface area contributed by atoms with Crippen molar-refractivity contribution in [3.05, 3.63) is 88.9 Å². The molecule has 1 saturated heterocycles. The lowest BCUT2D eigenvalue weighted by molar-refractivity contribution is -0.136. The van der Waals surface area contributed by atoms with Crippen molar-refractivity contribution in [2.75, 3.05) is 19.7 Å². The van der Waals surface area contributed by atoms with Gasteiger partial charge in [-0.25, -0.2) is 4.79 Å². The summed E-state index contributed by atoms with van der Waals surface area (Å²) >= 11 is 5.97. The molecule has 0 aliphatic carbocycles. The molecule has 1 amide bonds. The Balaban J connectivity index is 1.18. The predicted octanol–water partition coefficient (Wildman–Crippen LogP) is 5.63. The normalized spacial score (nSPS) is 13.8. The monoisotopic (exact) mass is 509 g/mol. The van der Waals surface area contributed by atoms with Crippen LogP contribution < -0.4 is 14.2 Å². The summed E-state index contributed by atoms with van der Waals surface area (Å²) in [6.45, 7) is 1.60. The van der Waals surface area contributed by atoms with E-state index in [1.807, 2.05) is 24.3 Å². The van der Waals surface area contributed by atoms with Gasteiger partial charge in [0, 0.05) is 37.4 Å². The Bertz CT molecular complexity index is 1160. The van der Waals surface area contributed by atoms with E-state index in [1.165, 1.54) is 0 Å². The lowest BCUT2D eigenvalue weighted by Gasteiger charge is -2.31. The lowest BCUT2D eigenvalue weighted by atomic mass is 10.1. The van der Waals surface area contributed by atoms with Gasteiger partial charge < -0.3 is 24.2 Å². The van der Waals surface area contributed by atoms with Crippen molar-refractivity contribution >= 4 is 23.7 Å². The number of carboxylic acid groups (broad SMARTS) is 1. The molecule has 0 spiro atoms. The number of hydrogen-bond donors (Lipinski definition) is 1. The molecule has 36 heavy (non-hydrogen) atoms. The molecular weight excluding hydrogens is 482 g/mol. The molecule has 1 aliphatic heterocycles. The van der Waals surface area contributed by atoms with Crippen LogP contribution in [-0.4, -0.2) is 47.9 Å². The van der Waals surface area contributed by atoms with Gasteiger partial charge in [0.1, 0.15) is 23.4 Å². The molecule has 3 aromatic rings. The second-order valence-corrected chi connectivity index (χ2v) is 9.02. The molecule has 8 heteroatoms. The van der Waals surface area contributed by atoms with Gasteiger partial charge in [-0.2, -0.15) is 0 Å². The smallest absolute Gasteiger partial charge is 0.415 e. The number of carbonyl (C=O) groups is 2. The van der Waals surface area contributed by atoms with E-state index in [0.29, 0.717) is 49.1 Å². The third-order valence-corrected chi connectivity index (χ3v) is 6.10. The summed E-state index contributed by atoms with van der Waals surface area (Å²) in [6.07, 6.45) is 1.71. The number of nitrogens with zero attached hydrogens (tertiary/aromatic N) is 1. The number of hydrogen-bond acceptors (Lipinski definition) is 5. The zero-order valence-electron chi connectivity index (χ0n) is 19.8. The number of rotatable bonds is 9. The number of halogens is 1. The van der Waals surface area contributed by atoms with Gasteiger partial charge in [-0.3, -0.25) is 4.79 Å². The van der Waals surface area contributed by atoms with Crippen molar-refractivity contribution in [1.29, 1.82) is 0 Å². The first-order chi connectivity index (χ1) is 17.4. The van der Waals surface area contributed by atoms with Crippen LogP contribution in [0.15, 0.2) is 72.8 Å². The summed E-state index contributed by atoms with van der Waals surface area (Å²) in [5, 5.41) is 9.50. The third kappa shape index (κ3) is 7.65. The Morgan fingerprint density at radius 3 is 2.22 bits per heavy atom. The maximum Gasteiger partial charge on any atom is 0.415 e. The second-order valence-electron chi connectivity index (χ2n) is 8.59. The van der Waals surface area contributed by atoms with Gasteiger partial charge in [-0.05, 0) is 53.6 Å². The zero-order chi connectivity index (χ0) is 25.3. The fourth-order valence-electron chi connectivity index (χ4n) is 3.94. The van der Waals surface area contributed by atoms with Crippen LogP contribution in [0.4, 0.5) is 4.79 Å². The van der Waals surface area contributed by atoms with Gasteiger partial charge in [0.25, 0.3) is 0 Å². The quantitative estimate of drug-likeness (QED) is 0.402. The zero-order valence-corrected chi connectivity index (χ0v) is 20.5. The van der Waals surface area contributed by atoms with Crippen LogP contribution in [0.2, 0.25) is 5.02 Å². The topological polar surface area (TPSA) is 85.3 Å². The molecule has 1 N–H and O–H groups in total. The van der Waals surface area contributed by atoms with Crippen molar-refractivity contribution in [2.24, 2.45) is 0 Å². The molecule has 0 unspecified atom stereocenters. The molecule has 0 bridgehead atoms. The molecule has 7 nitrogen and oxygen atoms in total. The number of likely N-dealkylation sites (tertiary alicyclic amines) is 1. The largest absolute Gasteiger partial charge is 0.493 e. The standard InChI is InChI=1S/C28H28ClNO6/c29-22-2-1-3-26(19-22)34-17-14-20-4-8-24(9-5-20)36-28(33)30-15-12-25(13-16-30)35-23-10-6-21(7-11-23)18-27(31)32/h1-11,19,25H,12-18H2,(H,31,32). The molecule has 0 atom stereocenters. The van der Waals surface area contributed by atoms with Gasteiger partial charge in [0.05, 0.1) is 13.0 Å². The first-order valence-corrected chi connectivity index (χ1v) is 12.2. The average molecular weight is 510 g/mol. The molecule has 188 valence electrons. The summed E-state index contributed by atoms with van der Waals surface area (Å²) in [4.78, 5) is 25.1. The Morgan fingerprint density at radius 1 is 0.889 bits per heavy atom. The second kappa shape index (κ2) is 12.3. The van der Waals surface area contributed by atoms with E-state index in [0.717, 1.165) is 23.3 Å². The summed E-state index contributed by atoms with van der Waals surface area (Å²) in [7, 11) is 0. The molecule has 0 aromatic heterocycles. The van der Waals surface area contributed by atoms with Crippen LogP contribution in [0.3, 0.4) is 0 Å². The predicted molar refractivity (Wildman–Crippen MR) is 136 cm³/mol. The van der Waals surface area contributed by atoms with Crippen LogP contribution in [-0.2, 0) is 17.6 Å². The molecule has 0 radical (unpaired) electrons. The number of aliphatic carboxylic acids is 1. The third-order valence-electron chi connectivity index (χ3n) is 5.87. The van der Waals surface area contributed by atoms with E-state index in [4.69, 9.17) is 30.9 Å². The van der Waals surface area contributed by atoms with E-state index in [2.05, 4.69) is 0 Å². The lowest BCUT2D eigenvalue weighted by Crippen LogP contribution is -2.43. The fourth-order valence-corrected chi connectivity index (χ4v) is 4.12. The molecule has 0 saturated carbocycles. The van der Waals surface area contributed by atoms with Crippen LogP contribution in [0, 0.1) is 0 Å². The SMILES string of the molecule is O=C(O)Cc1ccc(OC2CCN(C(=O)Oc3ccc(CCOc4cccc(Cl)c4)cc3)CC2)cc1. The van der Waals surface area contributed by atoms with Crippen molar-refractivity contribution in [3.8, 4) is 17.2 Å². The van der Waals surface area contributed by atoms with Gasteiger partial charge in [0.15, 0.2) is 0 Å². The van der Waals surface area contributed by atoms with Crippen molar-refractivity contribution in [3.63, 3.8) is 0 Å². The Kier molecular flexibility index (Phi) is 8.68. The van der Waals surface area contributed by atoms with Crippen LogP contribution in [0.1, 0.15) is 24.0 Å². The van der Waals surface area contributed by atoms with Gasteiger partial charge >= 0.3 is 12.1 Å². The van der Waals surface area contributed by atoms with E-state index < -0.39 is 5.97 Å². The van der Waals surface area contributed by atoms with E-state index in [9.17, 15) is 9.59 Å². The van der Waals surface area contributed by atoms with Crippen LogP contribution in [0.25, 0.3) is 0 Å². The number of ether oxygens (including phenoxy) is 3. The number of benzene rings is 3. The molecule has 3 aromatic carbocycles. The number of amides is 1. The first-order valence-electron chi connectivity index (χ1n) is 11.9. The highest BCUT2D eigenvalue weighted by Crippen LogP contribution is 2.22. The number of carboxylic acids is 1. The summed E-state index contributed by atoms with van der Waals surface area (Å²) < 4.78 is 17.3. The van der Waals surface area contributed by atoms with Crippen LogP contribution in [0.5, 0.6) is 17.2 Å². The molecule has 4 rings (SSSR count). The molecule has 1 heterocycles. The Hall–Kier alpha value is -3.71. The minimum atomic E-state index is -0.863. The van der Waals surface area contributed by atoms with Gasteiger partial charge in [0.2, 0.25) is 0 Å². The maximum absolute atomic E-state index is 12.6. The van der Waals surface area contributed by atoms with E-state index in [-0.39, 0.29) is 18.6 Å². The highest BCUT2D eigenvalue weighted by molar-refractivity contribution is 6.30. The van der Waals surface area contributed by atoms with Crippen molar-refractivity contribution in [2.45, 2.75) is 31.8 Å². The number of carbonyl (C=O) groups excluding carboxylic acids is 1. The first kappa shape index (κ1) is 25.4. The van der Waals surface area contributed by atoms with E-state index in [1.54, 1.807) is 53.4 Å². The van der Waals surface area contributed by atoms with Gasteiger partial charge in [-0.15, -0.1) is 0 Å². The summed E-state index contributed by atoms with van der Waals surface area (Å²) in [5.74, 6) is 1.07. The van der Waals surface area contributed by atoms with Gasteiger partial charge in [-0.1, -0.05) is 41.9 Å². The average Bonchev–Trinajstić information content (AvgIpc) is 2.86. The molecule has 1 aliphatic rings. The fraction of sp³-hybridized carbons (Fsp3) is 0.286. The Morgan fingerprint density at radius 2 is 1.56 bits per heavy atom. The van der Waals surface area contributed by atoms with Crippen LogP contribution >= 0.6 is 11.6 Å². The highest BCUT2D eigenvalue weighted by Gasteiger charge is 2.25. The summed E-state index contributed by atoms with van der Waals surface area (Å²) in [6, 6.07) is 21.8. The van der Waals surface area contributed by atoms with Crippen molar-refractivity contribution in [1.82, 2.24) is 4.90 Å². The molecular formula is C28H28ClNO6.